The van der Waals surface area contributed by atoms with E-state index in [0.717, 1.165) is 12.8 Å². The van der Waals surface area contributed by atoms with Crippen LogP contribution in [0.15, 0.2) is 48.5 Å². The highest BCUT2D eigenvalue weighted by Crippen LogP contribution is 2.57. The minimum atomic E-state index is -0.0646. The van der Waals surface area contributed by atoms with Gasteiger partial charge in [0.15, 0.2) is 0 Å². The van der Waals surface area contributed by atoms with Gasteiger partial charge in [-0.2, -0.15) is 0 Å². The van der Waals surface area contributed by atoms with Crippen LogP contribution < -0.4 is 0 Å². The Labute approximate surface area is 132 Å². The lowest BCUT2D eigenvalue weighted by atomic mass is 9.67. The van der Waals surface area contributed by atoms with Crippen molar-refractivity contribution in [1.29, 1.82) is 0 Å². The second kappa shape index (κ2) is 5.05. The Morgan fingerprint density at radius 3 is 1.55 bits per heavy atom. The number of benzene rings is 2. The monoisotopic (exact) mass is 296 g/mol. The molecule has 0 aliphatic heterocycles. The fourth-order valence-electron chi connectivity index (χ4n) is 4.46. The van der Waals surface area contributed by atoms with E-state index in [4.69, 9.17) is 0 Å². The molecule has 2 N–H and O–H groups in total. The molecule has 1 atom stereocenters. The van der Waals surface area contributed by atoms with Crippen LogP contribution in [0.1, 0.15) is 44.7 Å². The average Bonchev–Trinajstić information content (AvgIpc) is 2.71. The first-order valence-electron chi connectivity index (χ1n) is 7.92. The van der Waals surface area contributed by atoms with E-state index in [1.54, 1.807) is 24.3 Å². The third-order valence-corrected chi connectivity index (χ3v) is 5.22. The molecule has 2 nitrogen and oxygen atoms in total. The van der Waals surface area contributed by atoms with E-state index in [1.807, 2.05) is 24.3 Å². The van der Waals surface area contributed by atoms with E-state index < -0.39 is 0 Å². The molecule has 1 aliphatic rings. The van der Waals surface area contributed by atoms with Crippen molar-refractivity contribution in [3.05, 3.63) is 59.7 Å². The van der Waals surface area contributed by atoms with Gasteiger partial charge in [-0.1, -0.05) is 45.0 Å². The average molecular weight is 296 g/mol. The second-order valence-electron chi connectivity index (χ2n) is 7.51. The SMILES string of the molecule is C[C@@H]1CC(C)(C)CC1(c1ccc(O)cc1)c1ccc(O)cc1. The maximum Gasteiger partial charge on any atom is 0.115 e. The molecule has 0 bridgehead atoms. The van der Waals surface area contributed by atoms with Gasteiger partial charge in [-0.25, -0.2) is 0 Å². The summed E-state index contributed by atoms with van der Waals surface area (Å²) in [5, 5.41) is 19.3. The van der Waals surface area contributed by atoms with Gasteiger partial charge in [0.1, 0.15) is 11.5 Å². The van der Waals surface area contributed by atoms with Crippen LogP contribution in [0.4, 0.5) is 0 Å². The predicted octanol–water partition coefficient (Wildman–Crippen LogP) is 4.84. The quantitative estimate of drug-likeness (QED) is 0.832. The Hall–Kier alpha value is -1.96. The molecule has 0 radical (unpaired) electrons. The first kappa shape index (κ1) is 15.0. The summed E-state index contributed by atoms with van der Waals surface area (Å²) < 4.78 is 0. The van der Waals surface area contributed by atoms with Crippen molar-refractivity contribution in [2.45, 2.75) is 39.0 Å². The van der Waals surface area contributed by atoms with E-state index in [9.17, 15) is 10.2 Å². The molecule has 1 aliphatic carbocycles. The molecule has 0 amide bonds. The van der Waals surface area contributed by atoms with E-state index in [2.05, 4.69) is 20.8 Å². The smallest absolute Gasteiger partial charge is 0.115 e. The second-order valence-corrected chi connectivity index (χ2v) is 7.51. The minimum absolute atomic E-state index is 0.0646. The van der Waals surface area contributed by atoms with Crippen molar-refractivity contribution in [2.24, 2.45) is 11.3 Å². The molecule has 1 saturated carbocycles. The predicted molar refractivity (Wildman–Crippen MR) is 89.2 cm³/mol. The molecule has 3 rings (SSSR count). The summed E-state index contributed by atoms with van der Waals surface area (Å²) in [6.45, 7) is 6.96. The summed E-state index contributed by atoms with van der Waals surface area (Å²) in [7, 11) is 0. The minimum Gasteiger partial charge on any atom is -0.508 e. The Kier molecular flexibility index (Phi) is 3.43. The molecule has 1 fully saturated rings. The van der Waals surface area contributed by atoms with Crippen molar-refractivity contribution in [3.63, 3.8) is 0 Å². The molecule has 0 saturated heterocycles. The number of rotatable bonds is 2. The molecule has 0 unspecified atom stereocenters. The van der Waals surface area contributed by atoms with Crippen molar-refractivity contribution in [2.75, 3.05) is 0 Å². The highest BCUT2D eigenvalue weighted by molar-refractivity contribution is 5.45. The van der Waals surface area contributed by atoms with Gasteiger partial charge in [0.05, 0.1) is 0 Å². The van der Waals surface area contributed by atoms with Crippen LogP contribution in [-0.2, 0) is 5.41 Å². The van der Waals surface area contributed by atoms with Gasteiger partial charge in [0, 0.05) is 5.41 Å². The van der Waals surface area contributed by atoms with E-state index in [-0.39, 0.29) is 10.8 Å². The van der Waals surface area contributed by atoms with Crippen LogP contribution >= 0.6 is 0 Å². The van der Waals surface area contributed by atoms with Crippen molar-refractivity contribution < 1.29 is 10.2 Å². The van der Waals surface area contributed by atoms with E-state index >= 15 is 0 Å². The first-order valence-corrected chi connectivity index (χ1v) is 7.92. The Bertz CT molecular complexity index is 608. The highest BCUT2D eigenvalue weighted by atomic mass is 16.3. The van der Waals surface area contributed by atoms with Gasteiger partial charge < -0.3 is 10.2 Å². The van der Waals surface area contributed by atoms with Crippen LogP contribution in [-0.4, -0.2) is 10.2 Å². The highest BCUT2D eigenvalue weighted by Gasteiger charge is 2.50. The lowest BCUT2D eigenvalue weighted by Crippen LogP contribution is -2.31. The zero-order chi connectivity index (χ0) is 16.0. The lowest BCUT2D eigenvalue weighted by molar-refractivity contribution is 0.356. The molecular weight excluding hydrogens is 272 g/mol. The van der Waals surface area contributed by atoms with E-state index in [0.29, 0.717) is 17.4 Å². The molecule has 0 aromatic heterocycles. The first-order chi connectivity index (χ1) is 10.3. The number of hydrogen-bond donors (Lipinski definition) is 2. The van der Waals surface area contributed by atoms with Crippen molar-refractivity contribution >= 4 is 0 Å². The molecule has 2 aromatic carbocycles. The summed E-state index contributed by atoms with van der Waals surface area (Å²) in [6, 6.07) is 15.3. The Balaban J connectivity index is 2.18. The third kappa shape index (κ3) is 2.37. The summed E-state index contributed by atoms with van der Waals surface area (Å²) in [4.78, 5) is 0. The van der Waals surface area contributed by atoms with Crippen LogP contribution in [0.5, 0.6) is 11.5 Å². The van der Waals surface area contributed by atoms with Gasteiger partial charge in [-0.3, -0.25) is 0 Å². The van der Waals surface area contributed by atoms with Crippen LogP contribution in [0.2, 0.25) is 0 Å². The number of phenols is 2. The zero-order valence-corrected chi connectivity index (χ0v) is 13.5. The number of aromatic hydroxyl groups is 2. The third-order valence-electron chi connectivity index (χ3n) is 5.22. The zero-order valence-electron chi connectivity index (χ0n) is 13.5. The Morgan fingerprint density at radius 1 is 0.818 bits per heavy atom. The van der Waals surface area contributed by atoms with Crippen LogP contribution in [0.3, 0.4) is 0 Å². The van der Waals surface area contributed by atoms with Crippen LogP contribution in [0.25, 0.3) is 0 Å². The standard InChI is InChI=1S/C20H24O2/c1-14-12-19(2,3)13-20(14,15-4-8-17(21)9-5-15)16-6-10-18(22)11-7-16/h4-11,14,21-22H,12-13H2,1-3H3/t14-/m1/s1. The van der Waals surface area contributed by atoms with Gasteiger partial charge in [-0.05, 0) is 59.6 Å². The molecule has 22 heavy (non-hydrogen) atoms. The molecule has 0 spiro atoms. The van der Waals surface area contributed by atoms with Gasteiger partial charge in [0.25, 0.3) is 0 Å². The Morgan fingerprint density at radius 2 is 1.23 bits per heavy atom. The molecule has 116 valence electrons. The maximum absolute atomic E-state index is 9.63. The summed E-state index contributed by atoms with van der Waals surface area (Å²) in [5.41, 5.74) is 2.70. The normalized spacial score (nSPS) is 22.6. The molecular formula is C20H24O2. The fourth-order valence-corrected chi connectivity index (χ4v) is 4.46. The van der Waals surface area contributed by atoms with Gasteiger partial charge >= 0.3 is 0 Å². The molecule has 2 heteroatoms. The lowest BCUT2D eigenvalue weighted by Gasteiger charge is -2.36. The summed E-state index contributed by atoms with van der Waals surface area (Å²) >= 11 is 0. The van der Waals surface area contributed by atoms with Gasteiger partial charge in [-0.15, -0.1) is 0 Å². The molecule has 2 aromatic rings. The van der Waals surface area contributed by atoms with Crippen LogP contribution in [0, 0.1) is 11.3 Å². The van der Waals surface area contributed by atoms with Crippen molar-refractivity contribution in [1.82, 2.24) is 0 Å². The largest absolute Gasteiger partial charge is 0.508 e. The summed E-state index contributed by atoms with van der Waals surface area (Å²) in [6.07, 6.45) is 2.23. The number of hydrogen-bond acceptors (Lipinski definition) is 2. The fraction of sp³-hybridized carbons (Fsp3) is 0.400. The number of phenolic OH excluding ortho intramolecular Hbond substituents is 2. The topological polar surface area (TPSA) is 40.5 Å². The molecule has 0 heterocycles. The van der Waals surface area contributed by atoms with E-state index in [1.165, 1.54) is 11.1 Å². The van der Waals surface area contributed by atoms with Crippen molar-refractivity contribution in [3.8, 4) is 11.5 Å². The maximum atomic E-state index is 9.63. The van der Waals surface area contributed by atoms with Gasteiger partial charge in [0.2, 0.25) is 0 Å². The summed E-state index contributed by atoms with van der Waals surface area (Å²) in [5.74, 6) is 1.10.